The van der Waals surface area contributed by atoms with E-state index in [1.165, 1.54) is 6.08 Å². The van der Waals surface area contributed by atoms with Gasteiger partial charge in [0.15, 0.2) is 5.69 Å². The van der Waals surface area contributed by atoms with E-state index in [2.05, 4.69) is 34.3 Å². The van der Waals surface area contributed by atoms with Crippen molar-refractivity contribution in [3.05, 3.63) is 83.0 Å². The van der Waals surface area contributed by atoms with Gasteiger partial charge < -0.3 is 19.9 Å². The molecule has 0 unspecified atom stereocenters. The monoisotopic (exact) mass is 479 g/mol. The zero-order valence-electron chi connectivity index (χ0n) is 17.9. The number of ether oxygens (including phenoxy) is 2. The molecule has 3 N–H and O–H groups in total. The van der Waals surface area contributed by atoms with E-state index in [9.17, 15) is 19.5 Å². The molecule has 0 saturated carbocycles. The third kappa shape index (κ3) is 4.91. The molecule has 174 valence electrons. The van der Waals surface area contributed by atoms with Gasteiger partial charge in [0, 0.05) is 5.92 Å². The van der Waals surface area contributed by atoms with E-state index in [0.29, 0.717) is 0 Å². The van der Waals surface area contributed by atoms with Crippen LogP contribution >= 0.6 is 11.3 Å². The molecule has 1 aromatic heterocycles. The first-order valence-electron chi connectivity index (χ1n) is 10.3. The molecule has 0 radical (unpaired) electrons. The molecule has 0 aliphatic heterocycles. The Hall–Kier alpha value is -4.18. The summed E-state index contributed by atoms with van der Waals surface area (Å²) in [6.07, 6.45) is -0.107. The Labute approximate surface area is 199 Å². The normalized spacial score (nSPS) is 11.8. The average molecular weight is 480 g/mol. The van der Waals surface area contributed by atoms with Gasteiger partial charge in [0.2, 0.25) is 0 Å². The van der Waals surface area contributed by atoms with Crippen molar-refractivity contribution in [2.24, 2.45) is 0 Å². The van der Waals surface area contributed by atoms with Crippen molar-refractivity contribution >= 4 is 34.5 Å². The summed E-state index contributed by atoms with van der Waals surface area (Å²) in [4.78, 5) is 39.5. The van der Waals surface area contributed by atoms with Crippen LogP contribution in [-0.4, -0.2) is 41.5 Å². The van der Waals surface area contributed by atoms with E-state index in [4.69, 9.17) is 9.47 Å². The lowest BCUT2D eigenvalue weighted by Gasteiger charge is -2.14. The number of alkyl carbamates (subject to hydrolysis) is 1. The number of hydrogen-bond donors (Lipinski definition) is 3. The van der Waals surface area contributed by atoms with Crippen LogP contribution in [0, 0.1) is 0 Å². The third-order valence-electron chi connectivity index (χ3n) is 5.15. The summed E-state index contributed by atoms with van der Waals surface area (Å²) >= 11 is 0.916. The minimum absolute atomic E-state index is 0.00546. The summed E-state index contributed by atoms with van der Waals surface area (Å²) in [5.41, 5.74) is 4.11. The van der Waals surface area contributed by atoms with Gasteiger partial charge in [-0.1, -0.05) is 72.5 Å². The average Bonchev–Trinajstić information content (AvgIpc) is 3.39. The highest BCUT2D eigenvalue weighted by atomic mass is 32.1. The Morgan fingerprint density at radius 3 is 2.29 bits per heavy atom. The number of carboxylic acids is 1. The Morgan fingerprint density at radius 2 is 1.68 bits per heavy atom. The Bertz CT molecular complexity index is 1210. The molecule has 0 spiro atoms. The summed E-state index contributed by atoms with van der Waals surface area (Å²) in [6.45, 7) is 3.50. The molecule has 0 fully saturated rings. The van der Waals surface area contributed by atoms with Crippen molar-refractivity contribution in [1.82, 2.24) is 10.3 Å². The minimum atomic E-state index is -1.32. The standard InChI is InChI=1S/C24H21N3O6S/c1-2-11-32-24(31)27-21-20(22(28)29)26-19(34-21)12-25-23(30)33-13-18-16-9-5-3-7-14(16)15-8-4-6-10-17(15)18/h2-10,18H,1,11-13H2,(H,25,30)(H,27,31)(H,28,29). The number of carbonyl (C=O) groups is 3. The number of rotatable bonds is 8. The zero-order chi connectivity index (χ0) is 24.1. The predicted octanol–water partition coefficient (Wildman–Crippen LogP) is 4.61. The van der Waals surface area contributed by atoms with E-state index >= 15 is 0 Å². The van der Waals surface area contributed by atoms with Gasteiger partial charge in [-0.2, -0.15) is 0 Å². The number of carboxylic acid groups (broad SMARTS) is 1. The highest BCUT2D eigenvalue weighted by Crippen LogP contribution is 2.44. The highest BCUT2D eigenvalue weighted by molar-refractivity contribution is 7.16. The van der Waals surface area contributed by atoms with E-state index in [0.717, 1.165) is 33.6 Å². The molecule has 1 heterocycles. The summed E-state index contributed by atoms with van der Waals surface area (Å²) in [5, 5.41) is 14.5. The predicted molar refractivity (Wildman–Crippen MR) is 126 cm³/mol. The second-order valence-electron chi connectivity index (χ2n) is 7.28. The van der Waals surface area contributed by atoms with Gasteiger partial charge in [0.1, 0.15) is 23.2 Å². The van der Waals surface area contributed by atoms with Gasteiger partial charge in [-0.15, -0.1) is 0 Å². The first-order chi connectivity index (χ1) is 16.5. The number of hydrogen-bond acceptors (Lipinski definition) is 7. The van der Waals surface area contributed by atoms with Crippen LogP contribution in [0.4, 0.5) is 14.6 Å². The lowest BCUT2D eigenvalue weighted by atomic mass is 9.98. The molecule has 4 rings (SSSR count). The molecular formula is C24H21N3O6S. The van der Waals surface area contributed by atoms with Crippen molar-refractivity contribution in [1.29, 1.82) is 0 Å². The second kappa shape index (κ2) is 10.2. The number of aromatic carboxylic acids is 1. The minimum Gasteiger partial charge on any atom is -0.476 e. The fourth-order valence-electron chi connectivity index (χ4n) is 3.73. The van der Waals surface area contributed by atoms with Crippen molar-refractivity contribution in [2.75, 3.05) is 18.5 Å². The van der Waals surface area contributed by atoms with Gasteiger partial charge in [-0.3, -0.25) is 5.32 Å². The lowest BCUT2D eigenvalue weighted by Crippen LogP contribution is -2.25. The fourth-order valence-corrected chi connectivity index (χ4v) is 4.61. The van der Waals surface area contributed by atoms with Gasteiger partial charge in [0.05, 0.1) is 6.54 Å². The smallest absolute Gasteiger partial charge is 0.412 e. The maximum Gasteiger partial charge on any atom is 0.412 e. The topological polar surface area (TPSA) is 127 Å². The van der Waals surface area contributed by atoms with E-state index in [1.54, 1.807) is 0 Å². The molecule has 2 amide bonds. The van der Waals surface area contributed by atoms with Gasteiger partial charge in [0.25, 0.3) is 0 Å². The van der Waals surface area contributed by atoms with Crippen molar-refractivity contribution in [3.8, 4) is 11.1 Å². The first kappa shape index (κ1) is 23.0. The number of anilines is 1. The first-order valence-corrected chi connectivity index (χ1v) is 11.2. The van der Waals surface area contributed by atoms with E-state index in [-0.39, 0.29) is 41.4 Å². The van der Waals surface area contributed by atoms with Crippen LogP contribution in [0.15, 0.2) is 61.2 Å². The van der Waals surface area contributed by atoms with E-state index < -0.39 is 18.2 Å². The molecule has 34 heavy (non-hydrogen) atoms. The Balaban J connectivity index is 1.37. The van der Waals surface area contributed by atoms with Gasteiger partial charge in [-0.25, -0.2) is 19.4 Å². The Morgan fingerprint density at radius 1 is 1.03 bits per heavy atom. The van der Waals surface area contributed by atoms with Crippen molar-refractivity contribution in [3.63, 3.8) is 0 Å². The lowest BCUT2D eigenvalue weighted by molar-refractivity contribution is 0.0692. The molecular weight excluding hydrogens is 458 g/mol. The molecule has 0 saturated heterocycles. The number of nitrogens with zero attached hydrogens (tertiary/aromatic N) is 1. The number of carbonyl (C=O) groups excluding carboxylic acids is 2. The number of benzene rings is 2. The van der Waals surface area contributed by atoms with Crippen LogP contribution in [0.2, 0.25) is 0 Å². The number of amides is 2. The van der Waals surface area contributed by atoms with Crippen LogP contribution in [0.25, 0.3) is 11.1 Å². The van der Waals surface area contributed by atoms with Gasteiger partial charge >= 0.3 is 18.2 Å². The number of fused-ring (bicyclic) bond motifs is 3. The van der Waals surface area contributed by atoms with Crippen LogP contribution in [0.5, 0.6) is 0 Å². The molecule has 1 aliphatic rings. The number of thiazole rings is 1. The maximum absolute atomic E-state index is 12.3. The van der Waals surface area contributed by atoms with Crippen LogP contribution in [0.1, 0.15) is 32.5 Å². The quantitative estimate of drug-likeness (QED) is 0.403. The van der Waals surface area contributed by atoms with Crippen molar-refractivity contribution < 1.29 is 29.0 Å². The van der Waals surface area contributed by atoms with Crippen LogP contribution < -0.4 is 10.6 Å². The number of nitrogens with one attached hydrogen (secondary N) is 2. The van der Waals surface area contributed by atoms with Crippen LogP contribution in [-0.2, 0) is 16.0 Å². The fraction of sp³-hybridized carbons (Fsp3) is 0.167. The highest BCUT2D eigenvalue weighted by Gasteiger charge is 2.29. The van der Waals surface area contributed by atoms with E-state index in [1.807, 2.05) is 36.4 Å². The largest absolute Gasteiger partial charge is 0.476 e. The summed E-state index contributed by atoms with van der Waals surface area (Å²) in [5.74, 6) is -1.39. The zero-order valence-corrected chi connectivity index (χ0v) is 18.8. The second-order valence-corrected chi connectivity index (χ2v) is 8.37. The molecule has 9 nitrogen and oxygen atoms in total. The number of aromatic nitrogens is 1. The molecule has 0 bridgehead atoms. The molecule has 2 aromatic carbocycles. The molecule has 1 aliphatic carbocycles. The summed E-state index contributed by atoms with van der Waals surface area (Å²) in [7, 11) is 0. The summed E-state index contributed by atoms with van der Waals surface area (Å²) in [6, 6.07) is 16.0. The maximum atomic E-state index is 12.3. The summed E-state index contributed by atoms with van der Waals surface area (Å²) < 4.78 is 10.3. The SMILES string of the molecule is C=CCOC(=O)Nc1sc(CNC(=O)OCC2c3ccccc3-c3ccccc32)nc1C(=O)O. The van der Waals surface area contributed by atoms with Crippen molar-refractivity contribution in [2.45, 2.75) is 12.5 Å². The third-order valence-corrected chi connectivity index (χ3v) is 6.12. The molecule has 10 heteroatoms. The molecule has 3 aromatic rings. The Kier molecular flexibility index (Phi) is 6.88. The molecule has 0 atom stereocenters. The van der Waals surface area contributed by atoms with Crippen LogP contribution in [0.3, 0.4) is 0 Å². The van der Waals surface area contributed by atoms with Gasteiger partial charge in [-0.05, 0) is 22.3 Å².